The van der Waals surface area contributed by atoms with Crippen LogP contribution in [0.25, 0.3) is 0 Å². The van der Waals surface area contributed by atoms with Crippen LogP contribution in [0.1, 0.15) is 36.5 Å². The highest BCUT2D eigenvalue weighted by molar-refractivity contribution is 7.92. The highest BCUT2D eigenvalue weighted by Crippen LogP contribution is 2.30. The molecule has 4 aromatic rings. The Bertz CT molecular complexity index is 1740. The van der Waals surface area contributed by atoms with E-state index in [1.54, 1.807) is 18.2 Å². The van der Waals surface area contributed by atoms with Gasteiger partial charge in [-0.15, -0.1) is 0 Å². The summed E-state index contributed by atoms with van der Waals surface area (Å²) in [4.78, 5) is 29.4. The Kier molecular flexibility index (Phi) is 12.2. The first kappa shape index (κ1) is 34.9. The van der Waals surface area contributed by atoms with E-state index in [0.717, 1.165) is 28.3 Å². The van der Waals surface area contributed by atoms with Crippen molar-refractivity contribution >= 4 is 50.7 Å². The number of benzene rings is 4. The minimum absolute atomic E-state index is 0.0548. The Morgan fingerprint density at radius 3 is 2.15 bits per heavy atom. The van der Waals surface area contributed by atoms with Crippen molar-refractivity contribution < 1.29 is 22.4 Å². The topological polar surface area (TPSA) is 86.8 Å². The summed E-state index contributed by atoms with van der Waals surface area (Å²) in [5.74, 6) is -1.71. The number of anilines is 1. The van der Waals surface area contributed by atoms with Crippen LogP contribution in [0.5, 0.6) is 0 Å². The summed E-state index contributed by atoms with van der Waals surface area (Å²) in [6.07, 6.45) is 1.69. The summed E-state index contributed by atoms with van der Waals surface area (Å²) in [5.41, 5.74) is 1.86. The second-order valence-electron chi connectivity index (χ2n) is 10.9. The third-order valence-corrected chi connectivity index (χ3v) is 9.65. The minimum Gasteiger partial charge on any atom is -0.354 e. The molecule has 0 aromatic heterocycles. The van der Waals surface area contributed by atoms with E-state index in [-0.39, 0.29) is 39.2 Å². The van der Waals surface area contributed by atoms with Crippen molar-refractivity contribution in [3.8, 4) is 0 Å². The quantitative estimate of drug-likeness (QED) is 0.143. The van der Waals surface area contributed by atoms with Crippen LogP contribution in [0.3, 0.4) is 0 Å². The largest absolute Gasteiger partial charge is 0.354 e. The SMILES string of the molecule is CCCCNC(=O)[C@@H](Cc1ccccc1)N(Cc1ccccc1F)C(=O)CN(c1cc(Cl)cc(Cl)c1)S(=O)(=O)c1ccc(C)cc1. The zero-order chi connectivity index (χ0) is 33.3. The van der Waals surface area contributed by atoms with Gasteiger partial charge in [-0.2, -0.15) is 0 Å². The molecule has 0 fully saturated rings. The fraction of sp³-hybridized carbons (Fsp3) is 0.257. The molecule has 0 saturated heterocycles. The molecule has 0 aliphatic heterocycles. The van der Waals surface area contributed by atoms with E-state index in [1.165, 1.54) is 53.4 Å². The van der Waals surface area contributed by atoms with Gasteiger partial charge in [0, 0.05) is 35.1 Å². The highest BCUT2D eigenvalue weighted by atomic mass is 35.5. The van der Waals surface area contributed by atoms with Crippen LogP contribution < -0.4 is 9.62 Å². The second kappa shape index (κ2) is 16.1. The van der Waals surface area contributed by atoms with Gasteiger partial charge < -0.3 is 10.2 Å². The number of carbonyl (C=O) groups is 2. The lowest BCUT2D eigenvalue weighted by Crippen LogP contribution is -2.53. The van der Waals surface area contributed by atoms with Crippen LogP contribution in [0.4, 0.5) is 10.1 Å². The van der Waals surface area contributed by atoms with Gasteiger partial charge >= 0.3 is 0 Å². The van der Waals surface area contributed by atoms with Gasteiger partial charge in [0.15, 0.2) is 0 Å². The van der Waals surface area contributed by atoms with Gasteiger partial charge in [-0.3, -0.25) is 13.9 Å². The van der Waals surface area contributed by atoms with Crippen molar-refractivity contribution in [2.75, 3.05) is 17.4 Å². The molecule has 0 saturated carbocycles. The zero-order valence-corrected chi connectivity index (χ0v) is 28.0. The smallest absolute Gasteiger partial charge is 0.264 e. The van der Waals surface area contributed by atoms with Gasteiger partial charge in [0.1, 0.15) is 18.4 Å². The van der Waals surface area contributed by atoms with E-state index >= 15 is 4.39 Å². The lowest BCUT2D eigenvalue weighted by atomic mass is 10.0. The van der Waals surface area contributed by atoms with Crippen LogP contribution in [-0.4, -0.2) is 44.3 Å². The number of unbranched alkanes of at least 4 members (excludes halogenated alkanes) is 1. The third kappa shape index (κ3) is 9.09. The maximum Gasteiger partial charge on any atom is 0.264 e. The Morgan fingerprint density at radius 2 is 1.52 bits per heavy atom. The zero-order valence-electron chi connectivity index (χ0n) is 25.6. The van der Waals surface area contributed by atoms with Crippen molar-refractivity contribution in [3.63, 3.8) is 0 Å². The Balaban J connectivity index is 1.82. The van der Waals surface area contributed by atoms with Gasteiger partial charge in [-0.25, -0.2) is 12.8 Å². The molecule has 0 heterocycles. The third-order valence-electron chi connectivity index (χ3n) is 7.42. The molecule has 2 amide bonds. The Labute approximate surface area is 280 Å². The van der Waals surface area contributed by atoms with Gasteiger partial charge in [-0.1, -0.05) is 103 Å². The lowest BCUT2D eigenvalue weighted by molar-refractivity contribution is -0.140. The summed E-state index contributed by atoms with van der Waals surface area (Å²) in [6.45, 7) is 3.21. The number of amides is 2. The molecule has 46 heavy (non-hydrogen) atoms. The summed E-state index contributed by atoms with van der Waals surface area (Å²) in [7, 11) is -4.34. The molecule has 0 aliphatic carbocycles. The van der Waals surface area contributed by atoms with Gasteiger partial charge in [0.2, 0.25) is 11.8 Å². The molecule has 7 nitrogen and oxygen atoms in total. The fourth-order valence-corrected chi connectivity index (χ4v) is 6.83. The van der Waals surface area contributed by atoms with E-state index in [1.807, 2.05) is 44.2 Å². The number of carbonyl (C=O) groups excluding carboxylic acids is 2. The Hall–Kier alpha value is -3.92. The first-order valence-electron chi connectivity index (χ1n) is 14.9. The average molecular weight is 685 g/mol. The van der Waals surface area contributed by atoms with E-state index in [2.05, 4.69) is 5.32 Å². The molecule has 4 aromatic carbocycles. The maximum absolute atomic E-state index is 15.0. The maximum atomic E-state index is 15.0. The molecule has 0 bridgehead atoms. The summed E-state index contributed by atoms with van der Waals surface area (Å²) >= 11 is 12.6. The molecular formula is C35H36Cl2FN3O4S. The second-order valence-corrected chi connectivity index (χ2v) is 13.7. The molecule has 242 valence electrons. The number of hydrogen-bond donors (Lipinski definition) is 1. The first-order chi connectivity index (χ1) is 22.0. The standard InChI is InChI=1S/C35H36Cl2FN3O4S/c1-3-4-18-39-35(43)33(19-26-10-6-5-7-11-26)40(23-27-12-8-9-13-32(27)38)34(42)24-41(30-21-28(36)20-29(37)22-30)46(44,45)31-16-14-25(2)15-17-31/h5-17,20-22,33H,3-4,18-19,23-24H2,1-2H3,(H,39,43)/t33-/m1/s1. The van der Waals surface area contributed by atoms with Crippen LogP contribution in [-0.2, 0) is 32.6 Å². The predicted molar refractivity (Wildman–Crippen MR) is 181 cm³/mol. The molecule has 4 rings (SSSR count). The van der Waals surface area contributed by atoms with Crippen molar-refractivity contribution in [1.29, 1.82) is 0 Å². The van der Waals surface area contributed by atoms with Crippen LogP contribution in [0, 0.1) is 12.7 Å². The summed E-state index contributed by atoms with van der Waals surface area (Å²) < 4.78 is 44.2. The van der Waals surface area contributed by atoms with Gasteiger partial charge in [0.25, 0.3) is 10.0 Å². The summed E-state index contributed by atoms with van der Waals surface area (Å²) in [6, 6.07) is 24.5. The van der Waals surface area contributed by atoms with Crippen molar-refractivity contribution in [3.05, 3.63) is 130 Å². The molecule has 1 atom stereocenters. The van der Waals surface area contributed by atoms with Gasteiger partial charge in [-0.05, 0) is 55.3 Å². The number of sulfonamides is 1. The van der Waals surface area contributed by atoms with Crippen LogP contribution in [0.2, 0.25) is 10.0 Å². The average Bonchev–Trinajstić information content (AvgIpc) is 3.02. The molecule has 0 spiro atoms. The number of halogens is 3. The normalized spacial score (nSPS) is 11.9. The minimum atomic E-state index is -4.34. The lowest BCUT2D eigenvalue weighted by Gasteiger charge is -2.34. The van der Waals surface area contributed by atoms with Crippen molar-refractivity contribution in [1.82, 2.24) is 10.2 Å². The molecular weight excluding hydrogens is 648 g/mol. The molecule has 1 N–H and O–H groups in total. The molecule has 0 unspecified atom stereocenters. The molecule has 11 heteroatoms. The first-order valence-corrected chi connectivity index (χ1v) is 17.1. The van der Waals surface area contributed by atoms with E-state index in [0.29, 0.717) is 6.54 Å². The van der Waals surface area contributed by atoms with E-state index < -0.39 is 40.2 Å². The van der Waals surface area contributed by atoms with E-state index in [4.69, 9.17) is 23.2 Å². The molecule has 0 radical (unpaired) electrons. The van der Waals surface area contributed by atoms with Crippen LogP contribution in [0.15, 0.2) is 102 Å². The van der Waals surface area contributed by atoms with Crippen molar-refractivity contribution in [2.45, 2.75) is 50.6 Å². The number of rotatable bonds is 14. The number of nitrogens with one attached hydrogen (secondary N) is 1. The highest BCUT2D eigenvalue weighted by Gasteiger charge is 2.35. The fourth-order valence-electron chi connectivity index (χ4n) is 4.92. The Morgan fingerprint density at radius 1 is 0.891 bits per heavy atom. The van der Waals surface area contributed by atoms with Crippen LogP contribution >= 0.6 is 23.2 Å². The monoisotopic (exact) mass is 683 g/mol. The van der Waals surface area contributed by atoms with Gasteiger partial charge in [0.05, 0.1) is 10.6 Å². The predicted octanol–water partition coefficient (Wildman–Crippen LogP) is 7.19. The number of aryl methyl sites for hydroxylation is 1. The van der Waals surface area contributed by atoms with E-state index in [9.17, 15) is 18.0 Å². The number of nitrogens with zero attached hydrogens (tertiary/aromatic N) is 2. The number of hydrogen-bond acceptors (Lipinski definition) is 4. The molecule has 0 aliphatic rings. The summed E-state index contributed by atoms with van der Waals surface area (Å²) in [5, 5.41) is 3.24. The van der Waals surface area contributed by atoms with Crippen molar-refractivity contribution in [2.24, 2.45) is 0 Å².